The summed E-state index contributed by atoms with van der Waals surface area (Å²) in [6.45, 7) is 3.36. The number of rotatable bonds is 10. The summed E-state index contributed by atoms with van der Waals surface area (Å²) < 4.78 is 115. The molecule has 7 rings (SSSR count). The van der Waals surface area contributed by atoms with Crippen molar-refractivity contribution < 1.29 is 92.7 Å². The molecule has 2 bridgehead atoms. The molecule has 24 nitrogen and oxygen atoms in total. The molecule has 1 spiro atoms. The molecular weight excluding hydrogens is 1380 g/mol. The summed E-state index contributed by atoms with van der Waals surface area (Å²) in [5.41, 5.74) is -1.66. The summed E-state index contributed by atoms with van der Waals surface area (Å²) in [7, 11) is 10.9. The maximum atomic E-state index is 15.5. The zero-order valence-electron chi connectivity index (χ0n) is 62.1. The van der Waals surface area contributed by atoms with Crippen LogP contribution in [0.5, 0.6) is 0 Å². The van der Waals surface area contributed by atoms with Gasteiger partial charge in [-0.1, -0.05) is 65.0 Å². The summed E-state index contributed by atoms with van der Waals surface area (Å²) >= 11 is 0. The number of halogens is 8. The van der Waals surface area contributed by atoms with Crippen LogP contribution < -0.4 is 16.0 Å². The van der Waals surface area contributed by atoms with Gasteiger partial charge in [-0.25, -0.2) is 8.78 Å². The second kappa shape index (κ2) is 35.9. The van der Waals surface area contributed by atoms with Gasteiger partial charge in [0.1, 0.15) is 72.1 Å². The number of nitrogens with zero attached hydrogens (tertiary/aromatic N) is 9. The number of hydrogen-bond acceptors (Lipinski definition) is 12. The highest BCUT2D eigenvalue weighted by molar-refractivity contribution is 6.01. The standard InChI is InChI=1S/C72H110F8N12O12/c1-12-42(3)59-67(102)86(7)41-57(95)88(9)52-24-15-14-20-34-92(66(52)101)54(38-43-26-29-46(30-27-43)71(75,76)77)65(100)85(6)40-55(93)81-49(31-28-44-36-47(73)58(48(74)37-44)72(78,79)80)63(98)91-35-21-25-51(91)62(97)83-70(32-18-19-33-70)69(104)90(11)60(45-22-16-17-23-45)68(103)89(10)53(64(99)84(4)5)39-56(94)87(8)50(13-2)61(96)82-59/h14-15,42-54,58-60H,12-13,16-41H2,1-11H3,(H,81,93)(H,82,96)(H,83,97)/b15-14-/t42-,43?,44?,46?,47?,48?,49-,50-,51-,52-,53-,54-,58?,59-,60-/m0/s1. The molecule has 4 aliphatic carbocycles. The van der Waals surface area contributed by atoms with Crippen molar-refractivity contribution in [2.45, 2.75) is 253 Å². The van der Waals surface area contributed by atoms with E-state index in [-0.39, 0.29) is 96.6 Å². The van der Waals surface area contributed by atoms with Crippen LogP contribution in [0.4, 0.5) is 35.1 Å². The van der Waals surface area contributed by atoms with E-state index in [1.54, 1.807) is 32.9 Å². The van der Waals surface area contributed by atoms with Crippen LogP contribution in [0.25, 0.3) is 0 Å². The van der Waals surface area contributed by atoms with E-state index >= 15 is 37.5 Å². The monoisotopic (exact) mass is 1490 g/mol. The van der Waals surface area contributed by atoms with Crippen molar-refractivity contribution in [2.75, 3.05) is 82.6 Å². The Hall–Kier alpha value is -7.18. The molecule has 0 aromatic carbocycles. The fourth-order valence-corrected chi connectivity index (χ4v) is 16.9. The average molecular weight is 1490 g/mol. The van der Waals surface area contributed by atoms with E-state index in [4.69, 9.17) is 0 Å². The zero-order chi connectivity index (χ0) is 77.2. The highest BCUT2D eigenvalue weighted by Gasteiger charge is 2.55. The molecule has 12 amide bonds. The SMILES string of the molecule is CC[C@H](C)[C@@H]1NC(=O)[C@H](CC)N(C)C(=O)C[C@@H](C(=O)N(C)C)N(C)C(=O)[C@H](C2CCCC2)N(C)C(=O)C2(CCCC2)NC(=O)[C@@H]2CCCN2C(=O)[C@H](CCC2CC(F)C(C(F)(F)F)C(F)C2)NC(=O)CN(C)C(=O)[C@H](CC2CCC(C(F)(F)F)CC2)N2CC/C=C\C[C@@H](C2=O)N(C)C(=O)CN(C)C1=O. The predicted molar refractivity (Wildman–Crippen MR) is 366 cm³/mol. The third-order valence-electron chi connectivity index (χ3n) is 23.4. The first-order chi connectivity index (χ1) is 48.8. The lowest BCUT2D eigenvalue weighted by Gasteiger charge is -2.42. The number of carbonyl (C=O) groups is 12. The molecule has 586 valence electrons. The van der Waals surface area contributed by atoms with Gasteiger partial charge in [-0.2, -0.15) is 26.3 Å². The van der Waals surface area contributed by atoms with Crippen LogP contribution in [0.1, 0.15) is 175 Å². The smallest absolute Gasteiger partial charge is 0.347 e. The summed E-state index contributed by atoms with van der Waals surface area (Å²) in [6, 6.07) is -11.1. The number of alkyl halides is 8. The van der Waals surface area contributed by atoms with Crippen molar-refractivity contribution in [1.29, 1.82) is 0 Å². The van der Waals surface area contributed by atoms with Crippen molar-refractivity contribution in [2.24, 2.45) is 35.5 Å². The van der Waals surface area contributed by atoms with Gasteiger partial charge >= 0.3 is 12.4 Å². The molecule has 3 N–H and O–H groups in total. The van der Waals surface area contributed by atoms with Crippen LogP contribution in [-0.2, 0) is 57.5 Å². The first kappa shape index (κ1) is 84.1. The van der Waals surface area contributed by atoms with Gasteiger partial charge in [0, 0.05) is 69.5 Å². The van der Waals surface area contributed by atoms with Crippen LogP contribution in [0, 0.1) is 35.5 Å². The summed E-state index contributed by atoms with van der Waals surface area (Å²) in [5.74, 6) is -16.5. The van der Waals surface area contributed by atoms with E-state index in [9.17, 15) is 55.1 Å². The maximum Gasteiger partial charge on any atom is 0.397 e. The molecule has 0 aromatic rings. The van der Waals surface area contributed by atoms with Crippen molar-refractivity contribution >= 4 is 70.9 Å². The molecule has 7 aliphatic rings. The number of likely N-dealkylation sites (N-methyl/N-ethyl adjacent to an activating group) is 7. The number of hydrogen-bond donors (Lipinski definition) is 3. The molecule has 2 saturated heterocycles. The second-order valence-corrected chi connectivity index (χ2v) is 30.7. The van der Waals surface area contributed by atoms with Crippen molar-refractivity contribution in [1.82, 2.24) is 60.0 Å². The Bertz CT molecular complexity index is 3110. The van der Waals surface area contributed by atoms with Gasteiger partial charge in [0.05, 0.1) is 25.4 Å². The van der Waals surface area contributed by atoms with E-state index in [1.807, 2.05) is 0 Å². The Kier molecular flexibility index (Phi) is 29.1. The van der Waals surface area contributed by atoms with E-state index in [2.05, 4.69) is 16.0 Å². The molecule has 11 atom stereocenters. The Morgan fingerprint density at radius 1 is 0.606 bits per heavy atom. The molecule has 4 saturated carbocycles. The lowest BCUT2D eigenvalue weighted by atomic mass is 9.76. The fourth-order valence-electron chi connectivity index (χ4n) is 16.9. The van der Waals surface area contributed by atoms with E-state index in [0.717, 1.165) is 24.5 Å². The molecule has 3 aliphatic heterocycles. The minimum atomic E-state index is -5.20. The van der Waals surface area contributed by atoms with Gasteiger partial charge in [-0.05, 0) is 139 Å². The number of carbonyl (C=O) groups excluding carboxylic acids is 12. The Morgan fingerprint density at radius 3 is 1.80 bits per heavy atom. The van der Waals surface area contributed by atoms with Crippen molar-refractivity contribution in [3.8, 4) is 0 Å². The molecule has 2 unspecified atom stereocenters. The minimum absolute atomic E-state index is 0.00421. The van der Waals surface area contributed by atoms with Crippen LogP contribution in [0.15, 0.2) is 12.2 Å². The van der Waals surface area contributed by atoms with Gasteiger partial charge in [-0.15, -0.1) is 0 Å². The topological polar surface area (TPSA) is 270 Å². The Labute approximate surface area is 605 Å². The first-order valence-electron chi connectivity index (χ1n) is 37.1. The minimum Gasteiger partial charge on any atom is -0.347 e. The first-order valence-corrected chi connectivity index (χ1v) is 37.1. The van der Waals surface area contributed by atoms with Crippen molar-refractivity contribution in [3.05, 3.63) is 12.2 Å². The fraction of sp³-hybridized carbons (Fsp3) is 0.806. The molecule has 0 radical (unpaired) electrons. The van der Waals surface area contributed by atoms with Crippen molar-refractivity contribution in [3.63, 3.8) is 0 Å². The van der Waals surface area contributed by atoms with Gasteiger partial charge in [0.2, 0.25) is 70.9 Å². The average Bonchev–Trinajstić information content (AvgIpc) is 1.44. The lowest BCUT2D eigenvalue weighted by molar-refractivity contribution is -0.219. The summed E-state index contributed by atoms with van der Waals surface area (Å²) in [4.78, 5) is 190. The van der Waals surface area contributed by atoms with E-state index in [1.165, 1.54) is 76.0 Å². The van der Waals surface area contributed by atoms with Gasteiger partial charge in [0.25, 0.3) is 0 Å². The molecule has 32 heteroatoms. The Morgan fingerprint density at radius 2 is 1.22 bits per heavy atom. The molecule has 3 heterocycles. The molecular formula is C72H110F8N12O12. The van der Waals surface area contributed by atoms with E-state index in [0.29, 0.717) is 44.9 Å². The summed E-state index contributed by atoms with van der Waals surface area (Å²) in [5, 5.41) is 8.40. The van der Waals surface area contributed by atoms with Gasteiger partial charge in [0.15, 0.2) is 0 Å². The second-order valence-electron chi connectivity index (χ2n) is 30.7. The predicted octanol–water partition coefficient (Wildman–Crippen LogP) is 6.09. The van der Waals surface area contributed by atoms with Crippen LogP contribution in [0.3, 0.4) is 0 Å². The maximum absolute atomic E-state index is 15.5. The molecule has 0 aromatic heterocycles. The lowest BCUT2D eigenvalue weighted by Crippen LogP contribution is -2.65. The van der Waals surface area contributed by atoms with E-state index < -0.39 is 224 Å². The largest absolute Gasteiger partial charge is 0.397 e. The Balaban J connectivity index is 1.30. The normalized spacial score (nSPS) is 32.1. The highest BCUT2D eigenvalue weighted by atomic mass is 19.4. The van der Waals surface area contributed by atoms with Crippen LogP contribution in [0.2, 0.25) is 0 Å². The molecule has 6 fully saturated rings. The number of fused-ring (bicyclic) bond motifs is 3. The summed E-state index contributed by atoms with van der Waals surface area (Å²) in [6.07, 6.45) is -11.1. The van der Waals surface area contributed by atoms with Gasteiger partial charge in [-0.3, -0.25) is 57.5 Å². The quantitative estimate of drug-likeness (QED) is 0.166. The zero-order valence-corrected chi connectivity index (χ0v) is 62.1. The highest BCUT2D eigenvalue weighted by Crippen LogP contribution is 2.46. The third-order valence-corrected chi connectivity index (χ3v) is 23.4. The van der Waals surface area contributed by atoms with Crippen LogP contribution >= 0.6 is 0 Å². The van der Waals surface area contributed by atoms with Crippen LogP contribution in [-0.4, -0.2) is 276 Å². The number of nitrogens with one attached hydrogen (secondary N) is 3. The molecule has 104 heavy (non-hydrogen) atoms. The third kappa shape index (κ3) is 19.9. The van der Waals surface area contributed by atoms with Gasteiger partial charge < -0.3 is 60.0 Å². The number of amides is 12.